The van der Waals surface area contributed by atoms with Gasteiger partial charge in [0.05, 0.1) is 6.10 Å². The molecule has 0 saturated heterocycles. The third kappa shape index (κ3) is 2.05. The third-order valence-corrected chi connectivity index (χ3v) is 2.69. The van der Waals surface area contributed by atoms with Gasteiger partial charge in [-0.25, -0.2) is 0 Å². The number of benzene rings is 1. The summed E-state index contributed by atoms with van der Waals surface area (Å²) in [6.45, 7) is 0.671. The summed E-state index contributed by atoms with van der Waals surface area (Å²) in [5.74, 6) is 0.333. The predicted octanol–water partition coefficient (Wildman–Crippen LogP) is 1.01. The lowest BCUT2D eigenvalue weighted by Crippen LogP contribution is -2.43. The van der Waals surface area contributed by atoms with E-state index < -0.39 is 0 Å². The summed E-state index contributed by atoms with van der Waals surface area (Å²) in [6, 6.07) is 7.71. The first-order chi connectivity index (χ1) is 6.75. The van der Waals surface area contributed by atoms with Crippen LogP contribution >= 0.6 is 0 Å². The van der Waals surface area contributed by atoms with Gasteiger partial charge in [-0.05, 0) is 18.9 Å². The van der Waals surface area contributed by atoms with Gasteiger partial charge >= 0.3 is 0 Å². The molecule has 1 aliphatic carbocycles. The molecular formula is C11H15NO2. The molecular weight excluding hydrogens is 178 g/mol. The van der Waals surface area contributed by atoms with Crippen molar-refractivity contribution in [1.29, 1.82) is 0 Å². The molecule has 0 aliphatic heterocycles. The Morgan fingerprint density at radius 3 is 2.64 bits per heavy atom. The molecule has 14 heavy (non-hydrogen) atoms. The monoisotopic (exact) mass is 193 g/mol. The van der Waals surface area contributed by atoms with E-state index in [0.29, 0.717) is 18.3 Å². The average Bonchev–Trinajstić information content (AvgIpc) is 2.13. The maximum Gasteiger partial charge on any atom is 0.120 e. The predicted molar refractivity (Wildman–Crippen MR) is 54.0 cm³/mol. The molecule has 0 radical (unpaired) electrons. The minimum absolute atomic E-state index is 0.128. The lowest BCUT2D eigenvalue weighted by molar-refractivity contribution is 0.0619. The molecule has 1 fully saturated rings. The highest BCUT2D eigenvalue weighted by Gasteiger charge is 2.26. The molecule has 1 saturated carbocycles. The minimum Gasteiger partial charge on any atom is -0.508 e. The Labute approximate surface area is 83.4 Å². The van der Waals surface area contributed by atoms with Gasteiger partial charge in [0.15, 0.2) is 0 Å². The highest BCUT2D eigenvalue weighted by atomic mass is 16.3. The van der Waals surface area contributed by atoms with Crippen LogP contribution < -0.4 is 5.32 Å². The number of aromatic hydroxyl groups is 1. The van der Waals surface area contributed by atoms with Gasteiger partial charge in [-0.1, -0.05) is 18.2 Å². The van der Waals surface area contributed by atoms with Gasteiger partial charge in [-0.15, -0.1) is 0 Å². The fraction of sp³-hybridized carbons (Fsp3) is 0.455. The van der Waals surface area contributed by atoms with E-state index in [4.69, 9.17) is 5.11 Å². The number of phenols is 1. The second-order valence-corrected chi connectivity index (χ2v) is 3.83. The Hall–Kier alpha value is -1.06. The van der Waals surface area contributed by atoms with E-state index in [9.17, 15) is 5.11 Å². The standard InChI is InChI=1S/C11H15NO2/c13-10-5-9(6-10)12-7-8-3-1-2-4-11(8)14/h1-4,9-10,12-14H,5-7H2. The summed E-state index contributed by atoms with van der Waals surface area (Å²) in [4.78, 5) is 0. The zero-order chi connectivity index (χ0) is 9.97. The fourth-order valence-corrected chi connectivity index (χ4v) is 1.67. The second kappa shape index (κ2) is 3.98. The van der Waals surface area contributed by atoms with Crippen molar-refractivity contribution >= 4 is 0 Å². The number of aliphatic hydroxyl groups is 1. The van der Waals surface area contributed by atoms with E-state index in [1.54, 1.807) is 6.07 Å². The maximum atomic E-state index is 9.48. The molecule has 3 N–H and O–H groups in total. The Morgan fingerprint density at radius 1 is 1.29 bits per heavy atom. The summed E-state index contributed by atoms with van der Waals surface area (Å²) in [6.07, 6.45) is 1.53. The zero-order valence-electron chi connectivity index (χ0n) is 7.98. The second-order valence-electron chi connectivity index (χ2n) is 3.83. The SMILES string of the molecule is Oc1ccccc1CNC1CC(O)C1. The number of rotatable bonds is 3. The first kappa shape index (κ1) is 9.49. The van der Waals surface area contributed by atoms with Crippen LogP contribution in [0, 0.1) is 0 Å². The zero-order valence-corrected chi connectivity index (χ0v) is 7.98. The molecule has 0 spiro atoms. The van der Waals surface area contributed by atoms with E-state index in [1.165, 1.54) is 0 Å². The van der Waals surface area contributed by atoms with E-state index >= 15 is 0 Å². The van der Waals surface area contributed by atoms with Crippen molar-refractivity contribution in [2.75, 3.05) is 0 Å². The molecule has 1 aliphatic rings. The van der Waals surface area contributed by atoms with Crippen molar-refractivity contribution < 1.29 is 10.2 Å². The van der Waals surface area contributed by atoms with Crippen LogP contribution in [0.15, 0.2) is 24.3 Å². The third-order valence-electron chi connectivity index (χ3n) is 2.69. The van der Waals surface area contributed by atoms with Crippen LogP contribution in [0.1, 0.15) is 18.4 Å². The summed E-state index contributed by atoms with van der Waals surface area (Å²) in [5.41, 5.74) is 0.911. The summed E-state index contributed by atoms with van der Waals surface area (Å²) >= 11 is 0. The lowest BCUT2D eigenvalue weighted by atomic mass is 9.89. The molecule has 3 nitrogen and oxygen atoms in total. The Morgan fingerprint density at radius 2 is 2.00 bits per heavy atom. The van der Waals surface area contributed by atoms with Gasteiger partial charge in [0.25, 0.3) is 0 Å². The van der Waals surface area contributed by atoms with Gasteiger partial charge in [0.1, 0.15) is 5.75 Å². The van der Waals surface area contributed by atoms with Crippen LogP contribution in [-0.2, 0) is 6.54 Å². The lowest BCUT2D eigenvalue weighted by Gasteiger charge is -2.32. The van der Waals surface area contributed by atoms with Crippen molar-refractivity contribution in [3.63, 3.8) is 0 Å². The number of hydrogen-bond donors (Lipinski definition) is 3. The number of nitrogens with one attached hydrogen (secondary N) is 1. The number of hydrogen-bond acceptors (Lipinski definition) is 3. The van der Waals surface area contributed by atoms with Crippen LogP contribution in [-0.4, -0.2) is 22.4 Å². The quantitative estimate of drug-likeness (QED) is 0.671. The van der Waals surface area contributed by atoms with Crippen LogP contribution in [0.4, 0.5) is 0 Å². The van der Waals surface area contributed by atoms with Crippen LogP contribution in [0.3, 0.4) is 0 Å². The molecule has 0 aromatic heterocycles. The summed E-state index contributed by atoms with van der Waals surface area (Å²) in [7, 11) is 0. The molecule has 2 rings (SSSR count). The highest BCUT2D eigenvalue weighted by Crippen LogP contribution is 2.21. The topological polar surface area (TPSA) is 52.5 Å². The molecule has 0 bridgehead atoms. The van der Waals surface area contributed by atoms with Crippen molar-refractivity contribution in [3.8, 4) is 5.75 Å². The Kier molecular flexibility index (Phi) is 2.70. The van der Waals surface area contributed by atoms with Crippen molar-refractivity contribution in [3.05, 3.63) is 29.8 Å². The first-order valence-electron chi connectivity index (χ1n) is 4.94. The van der Waals surface area contributed by atoms with E-state index in [1.807, 2.05) is 18.2 Å². The van der Waals surface area contributed by atoms with Crippen LogP contribution in [0.5, 0.6) is 5.75 Å². The van der Waals surface area contributed by atoms with E-state index in [-0.39, 0.29) is 6.10 Å². The largest absolute Gasteiger partial charge is 0.508 e. The Bertz CT molecular complexity index is 308. The minimum atomic E-state index is -0.128. The smallest absolute Gasteiger partial charge is 0.120 e. The molecule has 3 heteroatoms. The highest BCUT2D eigenvalue weighted by molar-refractivity contribution is 5.31. The molecule has 1 aromatic carbocycles. The number of phenolic OH excluding ortho intramolecular Hbond substituents is 1. The average molecular weight is 193 g/mol. The Balaban J connectivity index is 1.83. The van der Waals surface area contributed by atoms with Gasteiger partial charge in [0, 0.05) is 18.2 Å². The molecule has 0 atom stereocenters. The first-order valence-corrected chi connectivity index (χ1v) is 4.94. The summed E-state index contributed by atoms with van der Waals surface area (Å²) < 4.78 is 0. The van der Waals surface area contributed by atoms with Gasteiger partial charge in [0.2, 0.25) is 0 Å². The van der Waals surface area contributed by atoms with Crippen molar-refractivity contribution in [2.24, 2.45) is 0 Å². The number of para-hydroxylation sites is 1. The molecule has 0 unspecified atom stereocenters. The molecule has 1 aromatic rings. The van der Waals surface area contributed by atoms with Crippen molar-refractivity contribution in [1.82, 2.24) is 5.32 Å². The molecule has 0 amide bonds. The van der Waals surface area contributed by atoms with E-state index in [2.05, 4.69) is 5.32 Å². The normalized spacial score (nSPS) is 25.8. The van der Waals surface area contributed by atoms with Gasteiger partial charge in [-0.2, -0.15) is 0 Å². The maximum absolute atomic E-state index is 9.48. The molecule has 0 heterocycles. The van der Waals surface area contributed by atoms with Crippen molar-refractivity contribution in [2.45, 2.75) is 31.5 Å². The van der Waals surface area contributed by atoms with Crippen LogP contribution in [0.2, 0.25) is 0 Å². The van der Waals surface area contributed by atoms with Crippen LogP contribution in [0.25, 0.3) is 0 Å². The summed E-state index contributed by atoms with van der Waals surface area (Å²) in [5, 5.41) is 21.8. The number of aliphatic hydroxyl groups excluding tert-OH is 1. The van der Waals surface area contributed by atoms with Gasteiger partial charge in [-0.3, -0.25) is 0 Å². The van der Waals surface area contributed by atoms with E-state index in [0.717, 1.165) is 18.4 Å². The molecule has 76 valence electrons. The fourth-order valence-electron chi connectivity index (χ4n) is 1.67. The van der Waals surface area contributed by atoms with Gasteiger partial charge < -0.3 is 15.5 Å².